The normalized spacial score (nSPS) is 15.2. The average Bonchev–Trinajstić information content (AvgIpc) is 2.78. The maximum absolute atomic E-state index is 12.0. The summed E-state index contributed by atoms with van der Waals surface area (Å²) in [4.78, 5) is 25.6. The lowest BCUT2D eigenvalue weighted by atomic mass is 10.2. The third-order valence-electron chi connectivity index (χ3n) is 2.62. The first-order valence-electron chi connectivity index (χ1n) is 5.28. The van der Waals surface area contributed by atoms with E-state index in [1.54, 1.807) is 11.4 Å². The highest BCUT2D eigenvalue weighted by Crippen LogP contribution is 2.17. The van der Waals surface area contributed by atoms with Gasteiger partial charge in [-0.15, -0.1) is 23.7 Å². The van der Waals surface area contributed by atoms with E-state index in [9.17, 15) is 9.59 Å². The van der Waals surface area contributed by atoms with Gasteiger partial charge in [0.15, 0.2) is 5.78 Å². The molecule has 1 aliphatic heterocycles. The molecule has 94 valence electrons. The minimum absolute atomic E-state index is 0. The zero-order valence-corrected chi connectivity index (χ0v) is 11.2. The van der Waals surface area contributed by atoms with E-state index in [0.717, 1.165) is 26.2 Å². The van der Waals surface area contributed by atoms with E-state index in [1.807, 2.05) is 4.90 Å². The van der Waals surface area contributed by atoms with Gasteiger partial charge in [-0.2, -0.15) is 0 Å². The molecular weight excluding hydrogens is 260 g/mol. The van der Waals surface area contributed by atoms with Crippen molar-refractivity contribution in [2.45, 2.75) is 6.92 Å². The topological polar surface area (TPSA) is 49.4 Å². The molecule has 0 spiro atoms. The number of rotatable bonds is 2. The van der Waals surface area contributed by atoms with Crippen molar-refractivity contribution >= 4 is 35.4 Å². The Hall–Kier alpha value is -0.910. The molecule has 0 unspecified atom stereocenters. The molecule has 1 amide bonds. The van der Waals surface area contributed by atoms with Crippen LogP contribution in [0.25, 0.3) is 0 Å². The minimum atomic E-state index is 0. The summed E-state index contributed by atoms with van der Waals surface area (Å²) in [6, 6.07) is 1.69. The SMILES string of the molecule is CC(=O)c1csc(C(=O)N2CCNCC2)c1.Cl. The zero-order chi connectivity index (χ0) is 11.5. The van der Waals surface area contributed by atoms with Crippen LogP contribution in [-0.4, -0.2) is 42.8 Å². The van der Waals surface area contributed by atoms with Gasteiger partial charge in [-0.3, -0.25) is 9.59 Å². The highest BCUT2D eigenvalue weighted by Gasteiger charge is 2.19. The van der Waals surface area contributed by atoms with Crippen molar-refractivity contribution in [1.82, 2.24) is 10.2 Å². The van der Waals surface area contributed by atoms with Gasteiger partial charge in [0.1, 0.15) is 0 Å². The molecule has 0 bridgehead atoms. The minimum Gasteiger partial charge on any atom is -0.335 e. The molecule has 17 heavy (non-hydrogen) atoms. The van der Waals surface area contributed by atoms with Gasteiger partial charge in [-0.05, 0) is 13.0 Å². The second-order valence-corrected chi connectivity index (χ2v) is 4.71. The number of nitrogens with zero attached hydrogens (tertiary/aromatic N) is 1. The quantitative estimate of drug-likeness (QED) is 0.830. The van der Waals surface area contributed by atoms with Gasteiger partial charge in [0, 0.05) is 37.1 Å². The summed E-state index contributed by atoms with van der Waals surface area (Å²) < 4.78 is 0. The number of amides is 1. The van der Waals surface area contributed by atoms with Crippen LogP contribution >= 0.6 is 23.7 Å². The molecule has 1 N–H and O–H groups in total. The smallest absolute Gasteiger partial charge is 0.264 e. The fourth-order valence-electron chi connectivity index (χ4n) is 1.66. The first-order chi connectivity index (χ1) is 7.68. The molecule has 0 aromatic carbocycles. The number of piperazine rings is 1. The molecule has 1 aliphatic rings. The molecule has 0 radical (unpaired) electrons. The van der Waals surface area contributed by atoms with Crippen LogP contribution in [0, 0.1) is 0 Å². The van der Waals surface area contributed by atoms with E-state index in [1.165, 1.54) is 18.3 Å². The van der Waals surface area contributed by atoms with E-state index in [0.29, 0.717) is 10.4 Å². The predicted octanol–water partition coefficient (Wildman–Crippen LogP) is 1.42. The summed E-state index contributed by atoms with van der Waals surface area (Å²) in [5.41, 5.74) is 0.628. The Kier molecular flexibility index (Phi) is 5.11. The van der Waals surface area contributed by atoms with Gasteiger partial charge in [-0.1, -0.05) is 0 Å². The van der Waals surface area contributed by atoms with Crippen molar-refractivity contribution in [3.63, 3.8) is 0 Å². The van der Waals surface area contributed by atoms with Crippen molar-refractivity contribution < 1.29 is 9.59 Å². The fraction of sp³-hybridized carbons (Fsp3) is 0.455. The lowest BCUT2D eigenvalue weighted by molar-refractivity contribution is 0.0740. The zero-order valence-electron chi connectivity index (χ0n) is 9.56. The molecule has 6 heteroatoms. The van der Waals surface area contributed by atoms with Crippen LogP contribution in [-0.2, 0) is 0 Å². The Bertz CT molecular complexity index is 413. The number of hydrogen-bond donors (Lipinski definition) is 1. The maximum atomic E-state index is 12.0. The van der Waals surface area contributed by atoms with Gasteiger partial charge >= 0.3 is 0 Å². The summed E-state index contributed by atoms with van der Waals surface area (Å²) in [5, 5.41) is 4.95. The number of nitrogens with one attached hydrogen (secondary N) is 1. The van der Waals surface area contributed by atoms with Crippen LogP contribution in [0.2, 0.25) is 0 Å². The van der Waals surface area contributed by atoms with Gasteiger partial charge in [0.2, 0.25) is 0 Å². The van der Waals surface area contributed by atoms with Crippen LogP contribution in [0.15, 0.2) is 11.4 Å². The summed E-state index contributed by atoms with van der Waals surface area (Å²) in [6.45, 7) is 4.69. The van der Waals surface area contributed by atoms with E-state index in [4.69, 9.17) is 0 Å². The van der Waals surface area contributed by atoms with Crippen LogP contribution in [0.4, 0.5) is 0 Å². The number of Topliss-reactive ketones (excluding diaryl/α,β-unsaturated/α-hetero) is 1. The molecule has 1 aromatic rings. The van der Waals surface area contributed by atoms with Crippen LogP contribution in [0.3, 0.4) is 0 Å². The van der Waals surface area contributed by atoms with Crippen LogP contribution in [0.1, 0.15) is 27.0 Å². The third-order valence-corrected chi connectivity index (χ3v) is 3.54. The Morgan fingerprint density at radius 3 is 2.53 bits per heavy atom. The fourth-order valence-corrected chi connectivity index (χ4v) is 2.57. The van der Waals surface area contributed by atoms with Crippen molar-refractivity contribution in [1.29, 1.82) is 0 Å². The van der Waals surface area contributed by atoms with Gasteiger partial charge in [0.05, 0.1) is 4.88 Å². The first kappa shape index (κ1) is 14.2. The number of carbonyl (C=O) groups excluding carboxylic acids is 2. The summed E-state index contributed by atoms with van der Waals surface area (Å²) in [6.07, 6.45) is 0. The number of thiophene rings is 1. The lowest BCUT2D eigenvalue weighted by Gasteiger charge is -2.26. The average molecular weight is 275 g/mol. The van der Waals surface area contributed by atoms with Crippen molar-refractivity contribution in [3.8, 4) is 0 Å². The van der Waals surface area contributed by atoms with Gasteiger partial charge in [-0.25, -0.2) is 0 Å². The predicted molar refractivity (Wildman–Crippen MR) is 70.3 cm³/mol. The maximum Gasteiger partial charge on any atom is 0.264 e. The molecule has 1 saturated heterocycles. The van der Waals surface area contributed by atoms with E-state index < -0.39 is 0 Å². The highest BCUT2D eigenvalue weighted by atomic mass is 35.5. The highest BCUT2D eigenvalue weighted by molar-refractivity contribution is 7.12. The number of ketones is 1. The lowest BCUT2D eigenvalue weighted by Crippen LogP contribution is -2.46. The molecule has 1 fully saturated rings. The molecule has 0 atom stereocenters. The van der Waals surface area contributed by atoms with Gasteiger partial charge < -0.3 is 10.2 Å². The van der Waals surface area contributed by atoms with Gasteiger partial charge in [0.25, 0.3) is 5.91 Å². The van der Waals surface area contributed by atoms with E-state index >= 15 is 0 Å². The Labute approximate surface area is 110 Å². The molecule has 4 nitrogen and oxygen atoms in total. The largest absolute Gasteiger partial charge is 0.335 e. The Balaban J connectivity index is 0.00000144. The molecule has 0 saturated carbocycles. The second-order valence-electron chi connectivity index (χ2n) is 3.80. The standard InChI is InChI=1S/C11H14N2O2S.ClH/c1-8(14)9-6-10(16-7-9)11(15)13-4-2-12-3-5-13;/h6-7,12H,2-5H2,1H3;1H. The number of halogens is 1. The monoisotopic (exact) mass is 274 g/mol. The van der Waals surface area contributed by atoms with E-state index in [-0.39, 0.29) is 24.1 Å². The van der Waals surface area contributed by atoms with Crippen LogP contribution < -0.4 is 5.32 Å². The van der Waals surface area contributed by atoms with Crippen molar-refractivity contribution in [2.75, 3.05) is 26.2 Å². The summed E-state index contributed by atoms with van der Waals surface area (Å²) in [7, 11) is 0. The van der Waals surface area contributed by atoms with E-state index in [2.05, 4.69) is 5.32 Å². The molecule has 1 aromatic heterocycles. The third kappa shape index (κ3) is 3.28. The Morgan fingerprint density at radius 1 is 1.35 bits per heavy atom. The first-order valence-corrected chi connectivity index (χ1v) is 6.16. The van der Waals surface area contributed by atoms with Crippen LogP contribution in [0.5, 0.6) is 0 Å². The second kappa shape index (κ2) is 6.14. The number of hydrogen-bond acceptors (Lipinski definition) is 4. The Morgan fingerprint density at radius 2 is 2.00 bits per heavy atom. The molecule has 0 aliphatic carbocycles. The molecular formula is C11H15ClN2O2S. The molecule has 2 rings (SSSR count). The summed E-state index contributed by atoms with van der Waals surface area (Å²) >= 11 is 1.35. The van der Waals surface area contributed by atoms with Crippen molar-refractivity contribution in [2.24, 2.45) is 0 Å². The summed E-state index contributed by atoms with van der Waals surface area (Å²) in [5.74, 6) is 0.0506. The number of carbonyl (C=O) groups is 2. The molecule has 2 heterocycles. The van der Waals surface area contributed by atoms with Crippen molar-refractivity contribution in [3.05, 3.63) is 21.9 Å².